The van der Waals surface area contributed by atoms with Crippen LogP contribution in [0.4, 0.5) is 0 Å². The molecule has 13 heavy (non-hydrogen) atoms. The summed E-state index contributed by atoms with van der Waals surface area (Å²) >= 11 is 3.24. The third-order valence-electron chi connectivity index (χ3n) is 1.06. The van der Waals surface area contributed by atoms with E-state index in [-0.39, 0.29) is 21.1 Å². The van der Waals surface area contributed by atoms with Crippen molar-refractivity contribution >= 4 is 22.1 Å². The number of hydrogen-bond acceptors (Lipinski definition) is 3. The molecular formula is C7H7BrN3OW-. The van der Waals surface area contributed by atoms with Gasteiger partial charge < -0.3 is 15.5 Å². The summed E-state index contributed by atoms with van der Waals surface area (Å²) in [5.74, 6) is 0. The van der Waals surface area contributed by atoms with Gasteiger partial charge in [-0.2, -0.15) is 0 Å². The number of pyridine rings is 1. The fourth-order valence-electron chi connectivity index (χ4n) is 0.626. The Bertz CT molecular complexity index is 282. The maximum atomic E-state index is 4.38. The molecule has 1 heterocycles. The van der Waals surface area contributed by atoms with Gasteiger partial charge in [-0.05, 0) is 28.1 Å². The van der Waals surface area contributed by atoms with Crippen LogP contribution in [0.25, 0.3) is 5.59 Å². The molecule has 0 fully saturated rings. The van der Waals surface area contributed by atoms with E-state index in [0.29, 0.717) is 0 Å². The van der Waals surface area contributed by atoms with Crippen LogP contribution in [0.3, 0.4) is 0 Å². The Kier molecular flexibility index (Phi) is 7.04. The van der Waals surface area contributed by atoms with Gasteiger partial charge in [0.25, 0.3) is 0 Å². The molecule has 0 aliphatic heterocycles. The van der Waals surface area contributed by atoms with Crippen LogP contribution in [0, 0.1) is 0 Å². The molecule has 0 atom stereocenters. The number of aromatic nitrogens is 1. The molecule has 1 aromatic rings. The zero-order chi connectivity index (χ0) is 8.81. The largest absolute Gasteiger partial charge is 0.480 e. The molecule has 0 saturated carbocycles. The van der Waals surface area contributed by atoms with Gasteiger partial charge in [-0.25, -0.2) is 4.98 Å². The Hall–Kier alpha value is -0.252. The molecule has 0 aromatic carbocycles. The summed E-state index contributed by atoms with van der Waals surface area (Å²) in [6.07, 6.45) is 1.51. The van der Waals surface area contributed by atoms with Gasteiger partial charge in [-0.3, -0.25) is 0 Å². The molecule has 6 heteroatoms. The summed E-state index contributed by atoms with van der Waals surface area (Å²) in [5, 5.41) is 3.60. The SMILES string of the molecule is CO[N-]/N=C/c1cccc(Br)n1.[W]. The maximum Gasteiger partial charge on any atom is 0.106 e. The van der Waals surface area contributed by atoms with E-state index in [4.69, 9.17) is 0 Å². The minimum absolute atomic E-state index is 0. The molecule has 0 spiro atoms. The van der Waals surface area contributed by atoms with Crippen LogP contribution >= 0.6 is 15.9 Å². The first-order valence-corrected chi connectivity index (χ1v) is 4.01. The molecule has 0 N–H and O–H groups in total. The van der Waals surface area contributed by atoms with E-state index >= 15 is 0 Å². The van der Waals surface area contributed by atoms with Crippen LogP contribution in [-0.4, -0.2) is 18.3 Å². The first kappa shape index (κ1) is 12.7. The molecule has 0 bridgehead atoms. The van der Waals surface area contributed by atoms with Gasteiger partial charge in [0.05, 0.1) is 5.69 Å². The van der Waals surface area contributed by atoms with Crippen LogP contribution < -0.4 is 0 Å². The van der Waals surface area contributed by atoms with E-state index in [0.717, 1.165) is 10.3 Å². The van der Waals surface area contributed by atoms with Gasteiger partial charge in [0.2, 0.25) is 0 Å². The van der Waals surface area contributed by atoms with Gasteiger partial charge in [-0.15, -0.1) is 0 Å². The van der Waals surface area contributed by atoms with Gasteiger partial charge in [0, 0.05) is 34.4 Å². The Morgan fingerprint density at radius 3 is 3.00 bits per heavy atom. The molecule has 0 aliphatic carbocycles. The second kappa shape index (κ2) is 7.18. The summed E-state index contributed by atoms with van der Waals surface area (Å²) in [5.41, 5.74) is 4.04. The Labute approximate surface area is 99.1 Å². The first-order chi connectivity index (χ1) is 5.83. The topological polar surface area (TPSA) is 48.6 Å². The maximum absolute atomic E-state index is 4.38. The quantitative estimate of drug-likeness (QED) is 0.433. The number of halogens is 1. The zero-order valence-corrected chi connectivity index (χ0v) is 11.4. The fourth-order valence-corrected chi connectivity index (χ4v) is 0.983. The van der Waals surface area contributed by atoms with E-state index in [1.54, 1.807) is 0 Å². The molecule has 1 rings (SSSR count). The smallest absolute Gasteiger partial charge is 0.106 e. The zero-order valence-electron chi connectivity index (χ0n) is 6.85. The van der Waals surface area contributed by atoms with Crippen LogP contribution in [0.1, 0.15) is 5.69 Å². The summed E-state index contributed by atoms with van der Waals surface area (Å²) in [4.78, 5) is 8.48. The molecular weight excluding hydrogens is 406 g/mol. The molecule has 0 amide bonds. The van der Waals surface area contributed by atoms with Crippen LogP contribution in [0.15, 0.2) is 27.9 Å². The third-order valence-corrected chi connectivity index (χ3v) is 1.50. The summed E-state index contributed by atoms with van der Waals surface area (Å²) in [6, 6.07) is 5.52. The van der Waals surface area contributed by atoms with Crippen molar-refractivity contribution in [2.24, 2.45) is 5.10 Å². The molecule has 0 aliphatic rings. The van der Waals surface area contributed by atoms with Crippen molar-refractivity contribution in [1.82, 2.24) is 4.98 Å². The second-order valence-electron chi connectivity index (χ2n) is 1.89. The van der Waals surface area contributed by atoms with E-state index in [9.17, 15) is 0 Å². The van der Waals surface area contributed by atoms with Gasteiger partial charge in [0.1, 0.15) is 4.60 Å². The van der Waals surface area contributed by atoms with Gasteiger partial charge in [0.15, 0.2) is 0 Å². The van der Waals surface area contributed by atoms with Crippen molar-refractivity contribution in [1.29, 1.82) is 0 Å². The Morgan fingerprint density at radius 1 is 1.62 bits per heavy atom. The number of rotatable bonds is 3. The first-order valence-electron chi connectivity index (χ1n) is 3.22. The summed E-state index contributed by atoms with van der Waals surface area (Å²) < 4.78 is 0.767. The monoisotopic (exact) mass is 412 g/mol. The van der Waals surface area contributed by atoms with Gasteiger partial charge in [-0.1, -0.05) is 6.07 Å². The van der Waals surface area contributed by atoms with E-state index in [2.05, 4.69) is 36.4 Å². The minimum atomic E-state index is 0. The summed E-state index contributed by atoms with van der Waals surface area (Å²) in [6.45, 7) is 0. The van der Waals surface area contributed by atoms with Crippen LogP contribution in [0.5, 0.6) is 0 Å². The van der Waals surface area contributed by atoms with Crippen molar-refractivity contribution in [2.75, 3.05) is 7.11 Å². The van der Waals surface area contributed by atoms with Crippen LogP contribution in [0.2, 0.25) is 0 Å². The second-order valence-corrected chi connectivity index (χ2v) is 2.71. The number of hydrogen-bond donors (Lipinski definition) is 0. The summed E-state index contributed by atoms with van der Waals surface area (Å²) in [7, 11) is 1.44. The molecule has 4 nitrogen and oxygen atoms in total. The van der Waals surface area contributed by atoms with Crippen molar-refractivity contribution < 1.29 is 25.9 Å². The average Bonchev–Trinajstić information content (AvgIpc) is 2.05. The van der Waals surface area contributed by atoms with Crippen molar-refractivity contribution in [2.45, 2.75) is 0 Å². The van der Waals surface area contributed by atoms with E-state index in [1.165, 1.54) is 13.3 Å². The fraction of sp³-hybridized carbons (Fsp3) is 0.143. The Balaban J connectivity index is 0.00000144. The molecule has 0 saturated heterocycles. The van der Waals surface area contributed by atoms with Gasteiger partial charge >= 0.3 is 0 Å². The average molecular weight is 413 g/mol. The van der Waals surface area contributed by atoms with Crippen LogP contribution in [-0.2, 0) is 25.9 Å². The van der Waals surface area contributed by atoms with E-state index in [1.807, 2.05) is 18.2 Å². The molecule has 0 unspecified atom stereocenters. The predicted octanol–water partition coefficient (Wildman–Crippen LogP) is 2.11. The molecule has 1 aromatic heterocycles. The van der Waals surface area contributed by atoms with E-state index < -0.39 is 0 Å². The van der Waals surface area contributed by atoms with Crippen molar-refractivity contribution in [3.63, 3.8) is 0 Å². The standard InChI is InChI=1S/C7H7BrN3O.W/c1-12-11-9-5-6-3-2-4-7(8)10-6;/h2-5H,1H3;/q-1;/b9-5+;. The minimum Gasteiger partial charge on any atom is -0.480 e. The van der Waals surface area contributed by atoms with Crippen molar-refractivity contribution in [3.8, 4) is 0 Å². The third kappa shape index (κ3) is 5.13. The number of nitrogens with zero attached hydrogens (tertiary/aromatic N) is 3. The van der Waals surface area contributed by atoms with Crippen molar-refractivity contribution in [3.05, 3.63) is 34.1 Å². The Morgan fingerprint density at radius 2 is 2.38 bits per heavy atom. The normalized spacial score (nSPS) is 9.69. The predicted molar refractivity (Wildman–Crippen MR) is 49.9 cm³/mol. The molecule has 70 valence electrons. The molecule has 0 radical (unpaired) electrons.